The molecule has 0 aliphatic carbocycles. The highest BCUT2D eigenvalue weighted by atomic mass is 16.5. The topological polar surface area (TPSA) is 52.3 Å². The van der Waals surface area contributed by atoms with Gasteiger partial charge in [0.2, 0.25) is 0 Å². The van der Waals surface area contributed by atoms with Crippen LogP contribution in [-0.2, 0) is 0 Å². The van der Waals surface area contributed by atoms with Crippen molar-refractivity contribution in [1.29, 1.82) is 0 Å². The second kappa shape index (κ2) is 6.46. The first-order valence-electron chi connectivity index (χ1n) is 9.09. The van der Waals surface area contributed by atoms with Gasteiger partial charge >= 0.3 is 0 Å². The molecule has 0 saturated carbocycles. The molecule has 0 spiro atoms. The van der Waals surface area contributed by atoms with E-state index in [1.165, 1.54) is 5.56 Å². The Balaban J connectivity index is 1.83. The molecular weight excluding hydrogens is 348 g/mol. The smallest absolute Gasteiger partial charge is 0.170 e. The molecule has 3 heterocycles. The Hall–Kier alpha value is -3.73. The van der Waals surface area contributed by atoms with E-state index in [2.05, 4.69) is 58.5 Å². The maximum atomic E-state index is 5.29. The zero-order valence-electron chi connectivity index (χ0n) is 15.6. The van der Waals surface area contributed by atoms with E-state index in [1.54, 1.807) is 13.3 Å². The summed E-state index contributed by atoms with van der Waals surface area (Å²) in [6.07, 6.45) is 1.80. The number of nitrogens with zero attached hydrogens (tertiary/aromatic N) is 4. The fourth-order valence-corrected chi connectivity index (χ4v) is 3.46. The molecule has 3 aromatic heterocycles. The summed E-state index contributed by atoms with van der Waals surface area (Å²) >= 11 is 0. The monoisotopic (exact) mass is 366 g/mol. The van der Waals surface area contributed by atoms with Crippen LogP contribution in [0.25, 0.3) is 39.2 Å². The van der Waals surface area contributed by atoms with Gasteiger partial charge in [-0.05, 0) is 42.8 Å². The molecule has 0 N–H and O–H groups in total. The number of hydrogen-bond acceptors (Lipinski definition) is 4. The number of methoxy groups -OCH3 is 1. The Morgan fingerprint density at radius 1 is 0.821 bits per heavy atom. The van der Waals surface area contributed by atoms with Gasteiger partial charge in [-0.3, -0.25) is 4.40 Å². The summed E-state index contributed by atoms with van der Waals surface area (Å²) in [5, 5.41) is 10.1. The van der Waals surface area contributed by atoms with Crippen LogP contribution in [0.2, 0.25) is 0 Å². The zero-order chi connectivity index (χ0) is 19.1. The van der Waals surface area contributed by atoms with Crippen molar-refractivity contribution in [1.82, 2.24) is 19.6 Å². The van der Waals surface area contributed by atoms with E-state index in [-0.39, 0.29) is 0 Å². The maximum Gasteiger partial charge on any atom is 0.170 e. The zero-order valence-corrected chi connectivity index (χ0v) is 15.6. The van der Waals surface area contributed by atoms with Crippen LogP contribution in [0.3, 0.4) is 0 Å². The maximum absolute atomic E-state index is 5.29. The molecule has 5 aromatic rings. The lowest BCUT2D eigenvalue weighted by molar-refractivity contribution is 0.415. The molecule has 0 aliphatic rings. The van der Waals surface area contributed by atoms with E-state index < -0.39 is 0 Å². The van der Waals surface area contributed by atoms with Gasteiger partial charge in [-0.2, -0.15) is 0 Å². The van der Waals surface area contributed by atoms with E-state index in [0.717, 1.165) is 44.9 Å². The first-order chi connectivity index (χ1) is 13.7. The number of ether oxygens (including phenoxy) is 1. The first kappa shape index (κ1) is 16.4. The number of rotatable bonds is 3. The van der Waals surface area contributed by atoms with Crippen molar-refractivity contribution in [2.75, 3.05) is 7.11 Å². The van der Waals surface area contributed by atoms with Gasteiger partial charge in [0.1, 0.15) is 11.4 Å². The van der Waals surface area contributed by atoms with E-state index in [0.29, 0.717) is 0 Å². The number of benzene rings is 2. The van der Waals surface area contributed by atoms with Gasteiger partial charge < -0.3 is 4.74 Å². The number of aromatic nitrogens is 4. The van der Waals surface area contributed by atoms with Crippen molar-refractivity contribution in [3.05, 3.63) is 78.5 Å². The lowest BCUT2D eigenvalue weighted by Crippen LogP contribution is -1.97. The second-order valence-corrected chi connectivity index (χ2v) is 6.75. The summed E-state index contributed by atoms with van der Waals surface area (Å²) in [6.45, 7) is 2.07. The van der Waals surface area contributed by atoms with Crippen LogP contribution in [0.1, 0.15) is 5.56 Å². The first-order valence-corrected chi connectivity index (χ1v) is 9.09. The minimum Gasteiger partial charge on any atom is -0.497 e. The molecular formula is C23H18N4O. The van der Waals surface area contributed by atoms with Crippen molar-refractivity contribution >= 4 is 16.7 Å². The van der Waals surface area contributed by atoms with Crippen LogP contribution in [-0.4, -0.2) is 26.7 Å². The molecule has 5 rings (SSSR count). The Morgan fingerprint density at radius 3 is 2.32 bits per heavy atom. The predicted molar refractivity (Wildman–Crippen MR) is 110 cm³/mol. The van der Waals surface area contributed by atoms with Crippen molar-refractivity contribution in [3.63, 3.8) is 0 Å². The third kappa shape index (κ3) is 2.60. The summed E-state index contributed by atoms with van der Waals surface area (Å²) in [5.41, 5.74) is 5.91. The van der Waals surface area contributed by atoms with E-state index in [1.807, 2.05) is 34.7 Å². The quantitative estimate of drug-likeness (QED) is 0.454. The standard InChI is InChI=1S/C23H18N4O/c1-15-5-7-17(8-6-15)22-25-26-23-20(16-9-11-19(28-2)12-10-16)14-18-4-3-13-24-21(18)27(22)23/h3-14H,1-2H3. The van der Waals surface area contributed by atoms with Crippen molar-refractivity contribution in [2.24, 2.45) is 0 Å². The molecule has 136 valence electrons. The van der Waals surface area contributed by atoms with Crippen LogP contribution in [0, 0.1) is 6.92 Å². The average Bonchev–Trinajstić information content (AvgIpc) is 3.19. The van der Waals surface area contributed by atoms with Crippen LogP contribution >= 0.6 is 0 Å². The van der Waals surface area contributed by atoms with Crippen molar-refractivity contribution in [3.8, 4) is 28.3 Å². The van der Waals surface area contributed by atoms with Gasteiger partial charge in [-0.25, -0.2) is 4.98 Å². The van der Waals surface area contributed by atoms with E-state index in [9.17, 15) is 0 Å². The average molecular weight is 366 g/mol. The molecule has 0 radical (unpaired) electrons. The fourth-order valence-electron chi connectivity index (χ4n) is 3.46. The van der Waals surface area contributed by atoms with Crippen LogP contribution < -0.4 is 4.74 Å². The van der Waals surface area contributed by atoms with E-state index >= 15 is 0 Å². The van der Waals surface area contributed by atoms with Gasteiger partial charge in [0.05, 0.1) is 7.11 Å². The molecule has 0 fully saturated rings. The molecule has 28 heavy (non-hydrogen) atoms. The largest absolute Gasteiger partial charge is 0.497 e. The lowest BCUT2D eigenvalue weighted by atomic mass is 10.0. The third-order valence-electron chi connectivity index (χ3n) is 4.94. The Morgan fingerprint density at radius 2 is 1.57 bits per heavy atom. The summed E-state index contributed by atoms with van der Waals surface area (Å²) in [6, 6.07) is 22.4. The van der Waals surface area contributed by atoms with Gasteiger partial charge in [0.15, 0.2) is 11.5 Å². The molecule has 0 amide bonds. The summed E-state index contributed by atoms with van der Waals surface area (Å²) in [7, 11) is 1.67. The molecule has 0 saturated heterocycles. The predicted octanol–water partition coefficient (Wildman–Crippen LogP) is 4.93. The highest BCUT2D eigenvalue weighted by molar-refractivity contribution is 5.91. The molecule has 0 bridgehead atoms. The summed E-state index contributed by atoms with van der Waals surface area (Å²) in [5.74, 6) is 1.61. The van der Waals surface area contributed by atoms with Crippen LogP contribution in [0.15, 0.2) is 72.9 Å². The third-order valence-corrected chi connectivity index (χ3v) is 4.94. The Bertz CT molecular complexity index is 1290. The van der Waals surface area contributed by atoms with Crippen molar-refractivity contribution in [2.45, 2.75) is 6.92 Å². The van der Waals surface area contributed by atoms with Gasteiger partial charge in [-0.1, -0.05) is 42.0 Å². The number of pyridine rings is 2. The molecule has 2 aromatic carbocycles. The highest BCUT2D eigenvalue weighted by Gasteiger charge is 2.16. The summed E-state index contributed by atoms with van der Waals surface area (Å²) in [4.78, 5) is 4.61. The summed E-state index contributed by atoms with van der Waals surface area (Å²) < 4.78 is 7.33. The van der Waals surface area contributed by atoms with Crippen molar-refractivity contribution < 1.29 is 4.74 Å². The minimum absolute atomic E-state index is 0.784. The second-order valence-electron chi connectivity index (χ2n) is 6.75. The van der Waals surface area contributed by atoms with Crippen LogP contribution in [0.5, 0.6) is 5.75 Å². The fraction of sp³-hybridized carbons (Fsp3) is 0.0870. The normalized spacial score (nSPS) is 11.2. The SMILES string of the molecule is COc1ccc(-c2cc3cccnc3n3c(-c4ccc(C)cc4)nnc23)cc1. The highest BCUT2D eigenvalue weighted by Crippen LogP contribution is 2.32. The number of hydrogen-bond donors (Lipinski definition) is 0. The van der Waals surface area contributed by atoms with E-state index in [4.69, 9.17) is 4.74 Å². The number of fused-ring (bicyclic) bond motifs is 3. The van der Waals surface area contributed by atoms with Gasteiger partial charge in [0.25, 0.3) is 0 Å². The molecule has 0 unspecified atom stereocenters. The Labute approximate surface area is 162 Å². The molecule has 0 aliphatic heterocycles. The van der Waals surface area contributed by atoms with Gasteiger partial charge in [0, 0.05) is 22.7 Å². The molecule has 0 atom stereocenters. The lowest BCUT2D eigenvalue weighted by Gasteiger charge is -2.09. The molecule has 5 heteroatoms. The van der Waals surface area contributed by atoms with Crippen LogP contribution in [0.4, 0.5) is 0 Å². The Kier molecular flexibility index (Phi) is 3.79. The molecule has 5 nitrogen and oxygen atoms in total. The van der Waals surface area contributed by atoms with Gasteiger partial charge in [-0.15, -0.1) is 10.2 Å². The minimum atomic E-state index is 0.784. The number of aryl methyl sites for hydroxylation is 1.